The molecule has 5 heteroatoms. The number of halogens is 2. The number of anilines is 2. The van der Waals surface area contributed by atoms with E-state index in [-0.39, 0.29) is 17.3 Å². The fourth-order valence-corrected chi connectivity index (χ4v) is 3.20. The molecular weight excluding hydrogens is 322 g/mol. The van der Waals surface area contributed by atoms with Gasteiger partial charge in [-0.25, -0.2) is 8.78 Å². The second kappa shape index (κ2) is 8.10. The summed E-state index contributed by atoms with van der Waals surface area (Å²) in [6.07, 6.45) is 3.68. The van der Waals surface area contributed by atoms with E-state index in [0.717, 1.165) is 19.3 Å². The molecule has 1 amide bonds. The number of aryl methyl sites for hydroxylation is 1. The van der Waals surface area contributed by atoms with Gasteiger partial charge in [0.05, 0.1) is 0 Å². The summed E-state index contributed by atoms with van der Waals surface area (Å²) in [6.45, 7) is 1.33. The van der Waals surface area contributed by atoms with Crippen molar-refractivity contribution in [3.8, 4) is 0 Å². The molecule has 0 aromatic heterocycles. The molecule has 0 spiro atoms. The van der Waals surface area contributed by atoms with E-state index < -0.39 is 11.6 Å². The Morgan fingerprint density at radius 1 is 1.04 bits per heavy atom. The van der Waals surface area contributed by atoms with Gasteiger partial charge in [0.25, 0.3) is 0 Å². The van der Waals surface area contributed by atoms with Crippen LogP contribution in [0.1, 0.15) is 31.2 Å². The van der Waals surface area contributed by atoms with Crippen molar-refractivity contribution >= 4 is 17.3 Å². The largest absolute Gasteiger partial charge is 0.367 e. The molecule has 0 atom stereocenters. The van der Waals surface area contributed by atoms with Crippen molar-refractivity contribution < 1.29 is 13.6 Å². The average molecular weight is 344 g/mol. The summed E-state index contributed by atoms with van der Waals surface area (Å²) < 4.78 is 28.5. The van der Waals surface area contributed by atoms with Gasteiger partial charge in [0.2, 0.25) is 5.91 Å². The molecule has 132 valence electrons. The third-order valence-corrected chi connectivity index (χ3v) is 4.44. The Bertz CT molecular complexity index is 705. The fraction of sp³-hybridized carbons (Fsp3) is 0.350. The van der Waals surface area contributed by atoms with Crippen molar-refractivity contribution in [2.45, 2.75) is 32.1 Å². The van der Waals surface area contributed by atoms with Gasteiger partial charge in [0, 0.05) is 25.2 Å². The van der Waals surface area contributed by atoms with Crippen LogP contribution in [0.4, 0.5) is 20.2 Å². The van der Waals surface area contributed by atoms with E-state index in [1.54, 1.807) is 4.90 Å². The number of hydrogen-bond acceptors (Lipinski definition) is 2. The smallest absolute Gasteiger partial charge is 0.224 e. The third-order valence-electron chi connectivity index (χ3n) is 4.44. The van der Waals surface area contributed by atoms with Gasteiger partial charge >= 0.3 is 0 Å². The number of rotatable bonds is 6. The topological polar surface area (TPSA) is 32.3 Å². The summed E-state index contributed by atoms with van der Waals surface area (Å²) >= 11 is 0. The zero-order valence-electron chi connectivity index (χ0n) is 14.1. The number of amides is 1. The lowest BCUT2D eigenvalue weighted by molar-refractivity contribution is -0.116. The van der Waals surface area contributed by atoms with Gasteiger partial charge in [-0.2, -0.15) is 0 Å². The Kier molecular flexibility index (Phi) is 5.64. The molecule has 1 heterocycles. The second-order valence-corrected chi connectivity index (χ2v) is 6.37. The lowest BCUT2D eigenvalue weighted by Gasteiger charge is -2.19. The van der Waals surface area contributed by atoms with Crippen LogP contribution in [-0.2, 0) is 11.2 Å². The van der Waals surface area contributed by atoms with Crippen LogP contribution in [0.2, 0.25) is 0 Å². The second-order valence-electron chi connectivity index (χ2n) is 6.37. The highest BCUT2D eigenvalue weighted by Gasteiger charge is 2.21. The van der Waals surface area contributed by atoms with Crippen LogP contribution in [0, 0.1) is 11.6 Å². The SMILES string of the molecule is O=C(CCCc1ccccc1)Nc1cc(F)c(N2CCCC2)c(F)c1. The van der Waals surface area contributed by atoms with Crippen molar-refractivity contribution in [2.24, 2.45) is 0 Å². The van der Waals surface area contributed by atoms with E-state index >= 15 is 0 Å². The molecule has 0 bridgehead atoms. The first-order chi connectivity index (χ1) is 12.1. The number of carbonyl (C=O) groups excluding carboxylic acids is 1. The van der Waals surface area contributed by atoms with Crippen molar-refractivity contribution in [3.63, 3.8) is 0 Å². The van der Waals surface area contributed by atoms with Crippen LogP contribution < -0.4 is 10.2 Å². The van der Waals surface area contributed by atoms with Crippen LogP contribution in [0.5, 0.6) is 0 Å². The number of nitrogens with zero attached hydrogens (tertiary/aromatic N) is 1. The highest BCUT2D eigenvalue weighted by Crippen LogP contribution is 2.29. The molecule has 2 aromatic carbocycles. The van der Waals surface area contributed by atoms with E-state index in [1.165, 1.54) is 17.7 Å². The van der Waals surface area contributed by atoms with Gasteiger partial charge in [-0.05, 0) is 43.4 Å². The molecule has 2 aromatic rings. The van der Waals surface area contributed by atoms with Crippen LogP contribution in [-0.4, -0.2) is 19.0 Å². The maximum Gasteiger partial charge on any atom is 0.224 e. The first-order valence-electron chi connectivity index (χ1n) is 8.71. The van der Waals surface area contributed by atoms with E-state index in [4.69, 9.17) is 0 Å². The molecule has 3 nitrogen and oxygen atoms in total. The summed E-state index contributed by atoms with van der Waals surface area (Å²) in [5, 5.41) is 2.59. The van der Waals surface area contributed by atoms with Gasteiger partial charge in [0.15, 0.2) is 11.6 Å². The summed E-state index contributed by atoms with van der Waals surface area (Å²) in [7, 11) is 0. The molecule has 0 unspecified atom stereocenters. The van der Waals surface area contributed by atoms with E-state index in [2.05, 4.69) is 5.32 Å². The average Bonchev–Trinajstić information content (AvgIpc) is 3.09. The van der Waals surface area contributed by atoms with Crippen LogP contribution in [0.25, 0.3) is 0 Å². The quantitative estimate of drug-likeness (QED) is 0.835. The summed E-state index contributed by atoms with van der Waals surface area (Å²) in [5.74, 6) is -1.48. The van der Waals surface area contributed by atoms with Gasteiger partial charge in [-0.3, -0.25) is 4.79 Å². The molecule has 0 aliphatic carbocycles. The minimum atomic E-state index is -0.624. The minimum absolute atomic E-state index is 0.0135. The predicted molar refractivity (Wildman–Crippen MR) is 95.8 cm³/mol. The van der Waals surface area contributed by atoms with E-state index in [9.17, 15) is 13.6 Å². The number of hydrogen-bond donors (Lipinski definition) is 1. The minimum Gasteiger partial charge on any atom is -0.367 e. The Balaban J connectivity index is 1.56. The van der Waals surface area contributed by atoms with Crippen LogP contribution >= 0.6 is 0 Å². The zero-order chi connectivity index (χ0) is 17.6. The first-order valence-corrected chi connectivity index (χ1v) is 8.71. The van der Waals surface area contributed by atoms with Crippen LogP contribution in [0.3, 0.4) is 0 Å². The Labute approximate surface area is 146 Å². The van der Waals surface area contributed by atoms with Crippen LogP contribution in [0.15, 0.2) is 42.5 Å². The van der Waals surface area contributed by atoms with E-state index in [1.807, 2.05) is 30.3 Å². The monoisotopic (exact) mass is 344 g/mol. The lowest BCUT2D eigenvalue weighted by atomic mass is 10.1. The molecular formula is C20H22F2N2O. The summed E-state index contributed by atoms with van der Waals surface area (Å²) in [5.41, 5.74) is 1.35. The first kappa shape index (κ1) is 17.4. The van der Waals surface area contributed by atoms with E-state index in [0.29, 0.717) is 25.9 Å². The van der Waals surface area contributed by atoms with Gasteiger partial charge in [0.1, 0.15) is 5.69 Å². The summed E-state index contributed by atoms with van der Waals surface area (Å²) in [4.78, 5) is 13.7. The van der Waals surface area contributed by atoms with Gasteiger partial charge < -0.3 is 10.2 Å². The molecule has 1 N–H and O–H groups in total. The maximum absolute atomic E-state index is 14.3. The number of benzene rings is 2. The molecule has 25 heavy (non-hydrogen) atoms. The highest BCUT2D eigenvalue weighted by molar-refractivity contribution is 5.91. The van der Waals surface area contributed by atoms with Crippen molar-refractivity contribution in [3.05, 3.63) is 59.7 Å². The van der Waals surface area contributed by atoms with Gasteiger partial charge in [-0.15, -0.1) is 0 Å². The molecule has 1 aliphatic heterocycles. The fourth-order valence-electron chi connectivity index (χ4n) is 3.20. The maximum atomic E-state index is 14.3. The molecule has 0 saturated carbocycles. The zero-order valence-corrected chi connectivity index (χ0v) is 14.1. The Morgan fingerprint density at radius 2 is 1.68 bits per heavy atom. The highest BCUT2D eigenvalue weighted by atomic mass is 19.1. The third kappa shape index (κ3) is 4.56. The Morgan fingerprint density at radius 3 is 2.32 bits per heavy atom. The normalized spacial score (nSPS) is 13.9. The Hall–Kier alpha value is -2.43. The van der Waals surface area contributed by atoms with Crippen molar-refractivity contribution in [1.29, 1.82) is 0 Å². The standard InChI is InChI=1S/C20H22F2N2O/c21-17-13-16(14-18(22)20(17)24-11-4-5-12-24)23-19(25)10-6-9-15-7-2-1-3-8-15/h1-3,7-8,13-14H,4-6,9-12H2,(H,23,25). The molecule has 1 aliphatic rings. The molecule has 0 radical (unpaired) electrons. The van der Waals surface area contributed by atoms with Crippen molar-refractivity contribution in [1.82, 2.24) is 0 Å². The molecule has 1 fully saturated rings. The predicted octanol–water partition coefficient (Wildman–Crippen LogP) is 4.53. The lowest BCUT2D eigenvalue weighted by Crippen LogP contribution is -2.21. The summed E-state index contributed by atoms with van der Waals surface area (Å²) in [6, 6.07) is 12.3. The molecule has 3 rings (SSSR count). The molecule has 1 saturated heterocycles. The van der Waals surface area contributed by atoms with Gasteiger partial charge in [-0.1, -0.05) is 30.3 Å². The number of carbonyl (C=O) groups is 1. The number of nitrogens with one attached hydrogen (secondary N) is 1. The van der Waals surface area contributed by atoms with Crippen molar-refractivity contribution in [2.75, 3.05) is 23.3 Å².